The number of carbonyl (C=O) groups excluding carboxylic acids is 1. The average Bonchev–Trinajstić information content (AvgIpc) is 2.94. The van der Waals surface area contributed by atoms with Crippen molar-refractivity contribution in [1.82, 2.24) is 5.32 Å². The number of fused-ring (bicyclic) bond motifs is 2. The first-order valence-corrected chi connectivity index (χ1v) is 7.70. The minimum atomic E-state index is -0.317. The predicted molar refractivity (Wildman–Crippen MR) is 70.0 cm³/mol. The van der Waals surface area contributed by atoms with E-state index >= 15 is 0 Å². The summed E-state index contributed by atoms with van der Waals surface area (Å²) in [5.41, 5.74) is 0. The van der Waals surface area contributed by atoms with Gasteiger partial charge in [0, 0.05) is 6.42 Å². The van der Waals surface area contributed by atoms with Gasteiger partial charge in [-0.05, 0) is 49.9 Å². The molecular weight excluding hydrogens is 226 g/mol. The largest absolute Gasteiger partial charge is 0.391 e. The van der Waals surface area contributed by atoms with Gasteiger partial charge in [0.1, 0.15) is 0 Å². The van der Waals surface area contributed by atoms with Gasteiger partial charge in [0.25, 0.3) is 0 Å². The molecule has 3 nitrogen and oxygen atoms in total. The first kappa shape index (κ1) is 12.5. The lowest BCUT2D eigenvalue weighted by Crippen LogP contribution is -2.45. The number of nitrogens with one attached hydrogen (secondary N) is 1. The number of hydrogen-bond acceptors (Lipinski definition) is 2. The van der Waals surface area contributed by atoms with Crippen LogP contribution in [-0.4, -0.2) is 23.2 Å². The Morgan fingerprint density at radius 2 is 1.94 bits per heavy atom. The van der Waals surface area contributed by atoms with Crippen LogP contribution < -0.4 is 5.32 Å². The molecule has 102 valence electrons. The lowest BCUT2D eigenvalue weighted by Gasteiger charge is -2.29. The van der Waals surface area contributed by atoms with Crippen LogP contribution in [0.3, 0.4) is 0 Å². The third-order valence-corrected chi connectivity index (χ3v) is 5.41. The third-order valence-electron chi connectivity index (χ3n) is 5.41. The number of aliphatic hydroxyl groups excluding tert-OH is 1. The van der Waals surface area contributed by atoms with E-state index in [1.165, 1.54) is 25.7 Å². The lowest BCUT2D eigenvalue weighted by molar-refractivity contribution is -0.124. The summed E-state index contributed by atoms with van der Waals surface area (Å²) < 4.78 is 0. The smallest absolute Gasteiger partial charge is 0.220 e. The summed E-state index contributed by atoms with van der Waals surface area (Å²) >= 11 is 0. The molecule has 0 aromatic heterocycles. The third kappa shape index (κ3) is 2.56. The molecule has 2 N–H and O–H groups in total. The summed E-state index contributed by atoms with van der Waals surface area (Å²) in [6.45, 7) is 0. The number of amides is 1. The molecule has 3 aliphatic rings. The Kier molecular flexibility index (Phi) is 3.60. The molecular formula is C15H25NO2. The van der Waals surface area contributed by atoms with Crippen molar-refractivity contribution in [3.63, 3.8) is 0 Å². The molecule has 3 saturated carbocycles. The molecule has 18 heavy (non-hydrogen) atoms. The normalized spacial score (nSPS) is 43.1. The van der Waals surface area contributed by atoms with Gasteiger partial charge in [-0.3, -0.25) is 4.79 Å². The topological polar surface area (TPSA) is 49.3 Å². The van der Waals surface area contributed by atoms with Gasteiger partial charge < -0.3 is 10.4 Å². The number of aliphatic hydroxyl groups is 1. The summed E-state index contributed by atoms with van der Waals surface area (Å²) in [7, 11) is 0. The Morgan fingerprint density at radius 3 is 2.61 bits per heavy atom. The summed E-state index contributed by atoms with van der Waals surface area (Å²) in [6.07, 6.45) is 9.78. The second kappa shape index (κ2) is 5.20. The first-order chi connectivity index (χ1) is 8.72. The van der Waals surface area contributed by atoms with E-state index in [-0.39, 0.29) is 18.1 Å². The zero-order valence-electron chi connectivity index (χ0n) is 11.1. The van der Waals surface area contributed by atoms with Crippen molar-refractivity contribution in [2.24, 2.45) is 17.8 Å². The fourth-order valence-electron chi connectivity index (χ4n) is 4.41. The predicted octanol–water partition coefficient (Wildman–Crippen LogP) is 2.23. The minimum absolute atomic E-state index is 0.0184. The van der Waals surface area contributed by atoms with E-state index in [2.05, 4.69) is 5.32 Å². The Labute approximate surface area is 109 Å². The van der Waals surface area contributed by atoms with Gasteiger partial charge in [0.2, 0.25) is 5.91 Å². The Balaban J connectivity index is 1.47. The van der Waals surface area contributed by atoms with Crippen molar-refractivity contribution < 1.29 is 9.90 Å². The zero-order chi connectivity index (χ0) is 12.5. The van der Waals surface area contributed by atoms with Crippen molar-refractivity contribution >= 4 is 5.91 Å². The van der Waals surface area contributed by atoms with Crippen LogP contribution in [0.25, 0.3) is 0 Å². The molecule has 0 aromatic rings. The summed E-state index contributed by atoms with van der Waals surface area (Å²) in [4.78, 5) is 12.1. The summed E-state index contributed by atoms with van der Waals surface area (Å²) in [5, 5.41) is 12.9. The molecule has 0 spiro atoms. The summed E-state index contributed by atoms with van der Waals surface area (Å²) in [6, 6.07) is 0.0184. The van der Waals surface area contributed by atoms with Crippen LogP contribution in [0.15, 0.2) is 0 Å². The van der Waals surface area contributed by atoms with Crippen LogP contribution in [0.1, 0.15) is 57.8 Å². The monoisotopic (exact) mass is 251 g/mol. The van der Waals surface area contributed by atoms with E-state index in [0.29, 0.717) is 12.3 Å². The van der Waals surface area contributed by atoms with Crippen LogP contribution in [-0.2, 0) is 4.79 Å². The standard InChI is InChI=1S/C15H25NO2/c17-14-4-2-1-3-13(14)16-15(18)9-12-8-10-5-6-11(12)7-10/h10-14,17H,1-9H2,(H,16,18). The highest BCUT2D eigenvalue weighted by molar-refractivity contribution is 5.76. The van der Waals surface area contributed by atoms with Gasteiger partial charge in [0.05, 0.1) is 12.1 Å². The molecule has 3 rings (SSSR count). The maximum absolute atomic E-state index is 12.1. The number of hydrogen-bond donors (Lipinski definition) is 2. The Bertz CT molecular complexity index is 312. The fourth-order valence-corrected chi connectivity index (χ4v) is 4.41. The molecule has 1 amide bonds. The maximum atomic E-state index is 12.1. The van der Waals surface area contributed by atoms with Gasteiger partial charge in [0.15, 0.2) is 0 Å². The molecule has 0 radical (unpaired) electrons. The Morgan fingerprint density at radius 1 is 1.11 bits per heavy atom. The van der Waals surface area contributed by atoms with Crippen molar-refractivity contribution in [3.05, 3.63) is 0 Å². The van der Waals surface area contributed by atoms with E-state index < -0.39 is 0 Å². The van der Waals surface area contributed by atoms with Crippen LogP contribution in [0.4, 0.5) is 0 Å². The fraction of sp³-hybridized carbons (Fsp3) is 0.933. The van der Waals surface area contributed by atoms with E-state index in [9.17, 15) is 9.90 Å². The zero-order valence-corrected chi connectivity index (χ0v) is 11.1. The lowest BCUT2D eigenvalue weighted by atomic mass is 9.86. The molecule has 0 aliphatic heterocycles. The van der Waals surface area contributed by atoms with Crippen molar-refractivity contribution in [2.45, 2.75) is 69.9 Å². The molecule has 0 aromatic carbocycles. The molecule has 3 fully saturated rings. The molecule has 2 bridgehead atoms. The quantitative estimate of drug-likeness (QED) is 0.808. The van der Waals surface area contributed by atoms with E-state index in [4.69, 9.17) is 0 Å². The molecule has 0 saturated heterocycles. The molecule has 3 aliphatic carbocycles. The maximum Gasteiger partial charge on any atom is 0.220 e. The van der Waals surface area contributed by atoms with Gasteiger partial charge in [-0.2, -0.15) is 0 Å². The van der Waals surface area contributed by atoms with Gasteiger partial charge in [-0.1, -0.05) is 19.3 Å². The molecule has 0 heterocycles. The highest BCUT2D eigenvalue weighted by Crippen LogP contribution is 2.49. The van der Waals surface area contributed by atoms with Gasteiger partial charge in [-0.25, -0.2) is 0 Å². The highest BCUT2D eigenvalue weighted by Gasteiger charge is 2.40. The van der Waals surface area contributed by atoms with Crippen molar-refractivity contribution in [1.29, 1.82) is 0 Å². The van der Waals surface area contributed by atoms with E-state index in [0.717, 1.165) is 37.5 Å². The number of rotatable bonds is 3. The second-order valence-corrected chi connectivity index (χ2v) is 6.66. The average molecular weight is 251 g/mol. The van der Waals surface area contributed by atoms with Gasteiger partial charge >= 0.3 is 0 Å². The van der Waals surface area contributed by atoms with Crippen LogP contribution in [0.5, 0.6) is 0 Å². The molecule has 3 heteroatoms. The minimum Gasteiger partial charge on any atom is -0.391 e. The van der Waals surface area contributed by atoms with Crippen molar-refractivity contribution in [3.8, 4) is 0 Å². The van der Waals surface area contributed by atoms with E-state index in [1.54, 1.807) is 0 Å². The van der Waals surface area contributed by atoms with Crippen LogP contribution >= 0.6 is 0 Å². The van der Waals surface area contributed by atoms with Gasteiger partial charge in [-0.15, -0.1) is 0 Å². The SMILES string of the molecule is O=C(CC1CC2CCC1C2)NC1CCCCC1O. The molecule has 5 atom stereocenters. The molecule has 5 unspecified atom stereocenters. The summed E-state index contributed by atoms with van der Waals surface area (Å²) in [5.74, 6) is 2.54. The van der Waals surface area contributed by atoms with Crippen LogP contribution in [0, 0.1) is 17.8 Å². The van der Waals surface area contributed by atoms with Crippen molar-refractivity contribution in [2.75, 3.05) is 0 Å². The second-order valence-electron chi connectivity index (χ2n) is 6.66. The first-order valence-electron chi connectivity index (χ1n) is 7.70. The highest BCUT2D eigenvalue weighted by atomic mass is 16.3. The van der Waals surface area contributed by atoms with Crippen LogP contribution in [0.2, 0.25) is 0 Å². The number of carbonyl (C=O) groups is 1. The Hall–Kier alpha value is -0.570. The van der Waals surface area contributed by atoms with E-state index in [1.807, 2.05) is 0 Å².